The van der Waals surface area contributed by atoms with Crippen LogP contribution in [-0.2, 0) is 0 Å². The SMILES string of the molecule is CCCC(C)c1cc(F)cc(C#N)c1. The molecule has 1 aromatic carbocycles. The van der Waals surface area contributed by atoms with Gasteiger partial charge in [0.25, 0.3) is 0 Å². The van der Waals surface area contributed by atoms with Crippen LogP contribution in [0.15, 0.2) is 18.2 Å². The van der Waals surface area contributed by atoms with Crippen molar-refractivity contribution in [1.29, 1.82) is 5.26 Å². The third kappa shape index (κ3) is 2.56. The molecule has 74 valence electrons. The minimum absolute atomic E-state index is 0.318. The molecule has 0 amide bonds. The van der Waals surface area contributed by atoms with Gasteiger partial charge in [-0.15, -0.1) is 0 Å². The highest BCUT2D eigenvalue weighted by Gasteiger charge is 2.07. The summed E-state index contributed by atoms with van der Waals surface area (Å²) < 4.78 is 13.1. The first-order valence-electron chi connectivity index (χ1n) is 4.88. The second kappa shape index (κ2) is 4.76. The van der Waals surface area contributed by atoms with Gasteiger partial charge in [-0.3, -0.25) is 0 Å². The van der Waals surface area contributed by atoms with E-state index in [9.17, 15) is 4.39 Å². The van der Waals surface area contributed by atoms with Crippen molar-refractivity contribution < 1.29 is 4.39 Å². The molecule has 1 aromatic rings. The van der Waals surface area contributed by atoms with Crippen molar-refractivity contribution in [2.45, 2.75) is 32.6 Å². The largest absolute Gasteiger partial charge is 0.207 e. The third-order valence-electron chi connectivity index (χ3n) is 2.34. The van der Waals surface area contributed by atoms with Crippen LogP contribution in [-0.4, -0.2) is 0 Å². The molecule has 14 heavy (non-hydrogen) atoms. The Labute approximate surface area is 84.2 Å². The van der Waals surface area contributed by atoms with Gasteiger partial charge in [-0.25, -0.2) is 4.39 Å². The Hall–Kier alpha value is -1.36. The summed E-state index contributed by atoms with van der Waals surface area (Å²) in [5, 5.41) is 8.68. The minimum Gasteiger partial charge on any atom is -0.207 e. The molecule has 0 aliphatic carbocycles. The van der Waals surface area contributed by atoms with Crippen LogP contribution < -0.4 is 0 Å². The molecule has 0 aromatic heterocycles. The van der Waals surface area contributed by atoms with Gasteiger partial charge in [-0.1, -0.05) is 20.3 Å². The predicted octanol–water partition coefficient (Wildman–Crippen LogP) is 3.60. The topological polar surface area (TPSA) is 23.8 Å². The fraction of sp³-hybridized carbons (Fsp3) is 0.417. The van der Waals surface area contributed by atoms with E-state index in [2.05, 4.69) is 13.8 Å². The van der Waals surface area contributed by atoms with Crippen molar-refractivity contribution in [3.63, 3.8) is 0 Å². The molecule has 0 heterocycles. The number of hydrogen-bond acceptors (Lipinski definition) is 1. The highest BCUT2D eigenvalue weighted by atomic mass is 19.1. The van der Waals surface area contributed by atoms with Gasteiger partial charge < -0.3 is 0 Å². The summed E-state index contributed by atoms with van der Waals surface area (Å²) in [7, 11) is 0. The van der Waals surface area contributed by atoms with Crippen LogP contribution in [0.5, 0.6) is 0 Å². The van der Waals surface area contributed by atoms with Crippen LogP contribution in [0.1, 0.15) is 43.7 Å². The van der Waals surface area contributed by atoms with E-state index in [1.54, 1.807) is 6.07 Å². The molecule has 0 aliphatic heterocycles. The summed E-state index contributed by atoms with van der Waals surface area (Å²) >= 11 is 0. The monoisotopic (exact) mass is 191 g/mol. The smallest absolute Gasteiger partial charge is 0.124 e. The molecule has 2 heteroatoms. The van der Waals surface area contributed by atoms with Crippen LogP contribution in [0.4, 0.5) is 4.39 Å². The van der Waals surface area contributed by atoms with Crippen LogP contribution in [0.3, 0.4) is 0 Å². The predicted molar refractivity (Wildman–Crippen MR) is 54.4 cm³/mol. The molecule has 1 unspecified atom stereocenters. The van der Waals surface area contributed by atoms with Crippen molar-refractivity contribution in [3.8, 4) is 6.07 Å². The fourth-order valence-electron chi connectivity index (χ4n) is 1.56. The number of halogens is 1. The summed E-state index contributed by atoms with van der Waals surface area (Å²) in [6.45, 7) is 4.15. The molecule has 0 fully saturated rings. The molecule has 1 rings (SSSR count). The number of hydrogen-bond donors (Lipinski definition) is 0. The standard InChI is InChI=1S/C12H14FN/c1-3-4-9(2)11-5-10(8-14)6-12(13)7-11/h5-7,9H,3-4H2,1-2H3. The van der Waals surface area contributed by atoms with Gasteiger partial charge in [-0.05, 0) is 36.1 Å². The van der Waals surface area contributed by atoms with E-state index in [0.717, 1.165) is 18.4 Å². The lowest BCUT2D eigenvalue weighted by Crippen LogP contribution is -1.95. The maximum Gasteiger partial charge on any atom is 0.124 e. The molecule has 0 radical (unpaired) electrons. The summed E-state index contributed by atoms with van der Waals surface area (Å²) in [5.74, 6) is 0.00445. The van der Waals surface area contributed by atoms with Crippen molar-refractivity contribution in [1.82, 2.24) is 0 Å². The lowest BCUT2D eigenvalue weighted by molar-refractivity contribution is 0.612. The summed E-state index contributed by atoms with van der Waals surface area (Å²) in [6.07, 6.45) is 2.09. The van der Waals surface area contributed by atoms with Gasteiger partial charge >= 0.3 is 0 Å². The molecule has 0 aliphatic rings. The maximum absolute atomic E-state index is 13.1. The zero-order valence-corrected chi connectivity index (χ0v) is 8.55. The summed E-state index contributed by atoms with van der Waals surface area (Å²) in [6, 6.07) is 6.51. The summed E-state index contributed by atoms with van der Waals surface area (Å²) in [4.78, 5) is 0. The van der Waals surface area contributed by atoms with Gasteiger partial charge in [0.15, 0.2) is 0 Å². The molecular formula is C12H14FN. The van der Waals surface area contributed by atoms with Crippen molar-refractivity contribution in [2.75, 3.05) is 0 Å². The number of nitrogens with zero attached hydrogens (tertiary/aromatic N) is 1. The van der Waals surface area contributed by atoms with E-state index in [4.69, 9.17) is 5.26 Å². The van der Waals surface area contributed by atoms with Crippen molar-refractivity contribution >= 4 is 0 Å². The molecule has 1 nitrogen and oxygen atoms in total. The van der Waals surface area contributed by atoms with Crippen LogP contribution in [0.2, 0.25) is 0 Å². The zero-order chi connectivity index (χ0) is 10.6. The lowest BCUT2D eigenvalue weighted by atomic mass is 9.95. The average Bonchev–Trinajstić information content (AvgIpc) is 2.17. The molecule has 1 atom stereocenters. The van der Waals surface area contributed by atoms with Crippen molar-refractivity contribution in [2.24, 2.45) is 0 Å². The zero-order valence-electron chi connectivity index (χ0n) is 8.55. The molecule has 0 saturated carbocycles. The molecule has 0 spiro atoms. The normalized spacial score (nSPS) is 12.1. The molecular weight excluding hydrogens is 177 g/mol. The van der Waals surface area contributed by atoms with E-state index >= 15 is 0 Å². The fourth-order valence-corrected chi connectivity index (χ4v) is 1.56. The first kappa shape index (κ1) is 10.7. The quantitative estimate of drug-likeness (QED) is 0.716. The lowest BCUT2D eigenvalue weighted by Gasteiger charge is -2.10. The Bertz CT molecular complexity index is 352. The van der Waals surface area contributed by atoms with Gasteiger partial charge in [0.1, 0.15) is 5.82 Å². The maximum atomic E-state index is 13.1. The number of nitriles is 1. The van der Waals surface area contributed by atoms with E-state index in [0.29, 0.717) is 11.5 Å². The molecule has 0 saturated heterocycles. The number of benzene rings is 1. The Balaban J connectivity index is 2.98. The Morgan fingerprint density at radius 3 is 2.71 bits per heavy atom. The Morgan fingerprint density at radius 2 is 2.14 bits per heavy atom. The van der Waals surface area contributed by atoms with E-state index in [1.807, 2.05) is 6.07 Å². The Kier molecular flexibility index (Phi) is 3.64. The van der Waals surface area contributed by atoms with E-state index in [-0.39, 0.29) is 5.82 Å². The van der Waals surface area contributed by atoms with E-state index < -0.39 is 0 Å². The Morgan fingerprint density at radius 1 is 1.43 bits per heavy atom. The molecule has 0 N–H and O–H groups in total. The van der Waals surface area contributed by atoms with E-state index in [1.165, 1.54) is 12.1 Å². The van der Waals surface area contributed by atoms with Gasteiger partial charge in [0, 0.05) is 0 Å². The summed E-state index contributed by atoms with van der Waals surface area (Å²) in [5.41, 5.74) is 1.33. The molecule has 0 bridgehead atoms. The first-order chi connectivity index (χ1) is 6.67. The second-order valence-corrected chi connectivity index (χ2v) is 3.57. The van der Waals surface area contributed by atoms with Crippen molar-refractivity contribution in [3.05, 3.63) is 35.1 Å². The highest BCUT2D eigenvalue weighted by Crippen LogP contribution is 2.22. The highest BCUT2D eigenvalue weighted by molar-refractivity contribution is 5.35. The minimum atomic E-state index is -0.318. The third-order valence-corrected chi connectivity index (χ3v) is 2.34. The van der Waals surface area contributed by atoms with Gasteiger partial charge in [-0.2, -0.15) is 5.26 Å². The average molecular weight is 191 g/mol. The van der Waals surface area contributed by atoms with Crippen LogP contribution in [0, 0.1) is 17.1 Å². The number of rotatable bonds is 3. The second-order valence-electron chi connectivity index (χ2n) is 3.57. The van der Waals surface area contributed by atoms with Gasteiger partial charge in [0.05, 0.1) is 11.6 Å². The van der Waals surface area contributed by atoms with Gasteiger partial charge in [0.2, 0.25) is 0 Å². The van der Waals surface area contributed by atoms with Crippen LogP contribution >= 0.6 is 0 Å². The first-order valence-corrected chi connectivity index (χ1v) is 4.88. The van der Waals surface area contributed by atoms with Crippen LogP contribution in [0.25, 0.3) is 0 Å².